The lowest BCUT2D eigenvalue weighted by molar-refractivity contribution is -0.383. The van der Waals surface area contributed by atoms with Crippen molar-refractivity contribution in [3.63, 3.8) is 0 Å². The van der Waals surface area contributed by atoms with Crippen LogP contribution in [-0.4, -0.2) is 28.8 Å². The number of carbonyl (C=O) groups is 1. The number of fused-ring (bicyclic) bond motifs is 3. The monoisotopic (exact) mass is 302 g/mol. The van der Waals surface area contributed by atoms with Gasteiger partial charge in [-0.3, -0.25) is 4.79 Å². The molecule has 5 atom stereocenters. The van der Waals surface area contributed by atoms with Crippen molar-refractivity contribution in [2.45, 2.75) is 37.7 Å². The van der Waals surface area contributed by atoms with Crippen molar-refractivity contribution in [1.29, 1.82) is 0 Å². The zero-order chi connectivity index (χ0) is 15.3. The summed E-state index contributed by atoms with van der Waals surface area (Å²) in [7, 11) is 0. The highest BCUT2D eigenvalue weighted by molar-refractivity contribution is 5.93. The standard InChI is InChI=1S/C12H12F6O2/c1-9-3-6(9)4-2-5(4)7(8(9)19)10(20,11(13,14)15)12(16,17)18/h4-7,20H,2-3H2,1H3. The van der Waals surface area contributed by atoms with E-state index in [1.165, 1.54) is 6.92 Å². The highest BCUT2D eigenvalue weighted by Crippen LogP contribution is 2.75. The first kappa shape index (κ1) is 14.2. The molecule has 0 saturated heterocycles. The lowest BCUT2D eigenvalue weighted by Gasteiger charge is -2.40. The van der Waals surface area contributed by atoms with Gasteiger partial charge >= 0.3 is 12.4 Å². The molecule has 0 amide bonds. The van der Waals surface area contributed by atoms with Crippen molar-refractivity contribution in [1.82, 2.24) is 0 Å². The third kappa shape index (κ3) is 1.43. The average molecular weight is 302 g/mol. The first-order chi connectivity index (χ1) is 8.86. The fourth-order valence-corrected chi connectivity index (χ4v) is 3.95. The number of hydrogen-bond acceptors (Lipinski definition) is 2. The Balaban J connectivity index is 2.07. The number of halogens is 6. The quantitative estimate of drug-likeness (QED) is 0.756. The third-order valence-corrected chi connectivity index (χ3v) is 5.30. The van der Waals surface area contributed by atoms with Gasteiger partial charge in [-0.15, -0.1) is 0 Å². The topological polar surface area (TPSA) is 37.3 Å². The van der Waals surface area contributed by atoms with E-state index in [0.717, 1.165) is 0 Å². The zero-order valence-corrected chi connectivity index (χ0v) is 10.3. The van der Waals surface area contributed by atoms with Crippen LogP contribution < -0.4 is 0 Å². The Morgan fingerprint density at radius 2 is 1.60 bits per heavy atom. The van der Waals surface area contributed by atoms with Crippen LogP contribution in [0, 0.1) is 29.1 Å². The second-order valence-corrected chi connectivity index (χ2v) is 6.40. The molecule has 0 aromatic rings. The summed E-state index contributed by atoms with van der Waals surface area (Å²) in [6, 6.07) is 0. The zero-order valence-electron chi connectivity index (χ0n) is 10.3. The van der Waals surface area contributed by atoms with Crippen LogP contribution in [-0.2, 0) is 4.79 Å². The van der Waals surface area contributed by atoms with Gasteiger partial charge in [0.1, 0.15) is 5.78 Å². The molecule has 8 heteroatoms. The van der Waals surface area contributed by atoms with E-state index in [1.807, 2.05) is 0 Å². The molecule has 1 N–H and O–H groups in total. The highest BCUT2D eigenvalue weighted by Gasteiger charge is 2.83. The summed E-state index contributed by atoms with van der Waals surface area (Å²) in [6.07, 6.45) is -11.4. The van der Waals surface area contributed by atoms with Crippen molar-refractivity contribution >= 4 is 5.78 Å². The Morgan fingerprint density at radius 1 is 1.10 bits per heavy atom. The van der Waals surface area contributed by atoms with Gasteiger partial charge in [-0.2, -0.15) is 26.3 Å². The van der Waals surface area contributed by atoms with Gasteiger partial charge in [-0.1, -0.05) is 6.92 Å². The van der Waals surface area contributed by atoms with Gasteiger partial charge in [0.25, 0.3) is 5.60 Å². The lowest BCUT2D eigenvalue weighted by atomic mass is 9.70. The first-order valence-corrected chi connectivity index (χ1v) is 6.26. The van der Waals surface area contributed by atoms with Crippen LogP contribution in [0.5, 0.6) is 0 Å². The number of rotatable bonds is 1. The predicted molar refractivity (Wildman–Crippen MR) is 53.4 cm³/mol. The van der Waals surface area contributed by atoms with E-state index in [4.69, 9.17) is 0 Å². The Bertz CT molecular complexity index is 467. The van der Waals surface area contributed by atoms with Crippen LogP contribution in [0.2, 0.25) is 0 Å². The molecule has 3 rings (SSSR count). The third-order valence-electron chi connectivity index (χ3n) is 5.30. The predicted octanol–water partition coefficient (Wildman–Crippen LogP) is 2.70. The van der Waals surface area contributed by atoms with Crippen LogP contribution in [0.3, 0.4) is 0 Å². The molecule has 20 heavy (non-hydrogen) atoms. The minimum Gasteiger partial charge on any atom is -0.373 e. The van der Waals surface area contributed by atoms with E-state index in [-0.39, 0.29) is 18.3 Å². The maximum Gasteiger partial charge on any atom is 0.427 e. The molecule has 0 aromatic heterocycles. The second-order valence-electron chi connectivity index (χ2n) is 6.40. The average Bonchev–Trinajstić information content (AvgIpc) is 3.09. The van der Waals surface area contributed by atoms with E-state index < -0.39 is 41.0 Å². The molecule has 3 saturated carbocycles. The van der Waals surface area contributed by atoms with E-state index >= 15 is 0 Å². The van der Waals surface area contributed by atoms with E-state index in [1.54, 1.807) is 0 Å². The van der Waals surface area contributed by atoms with Gasteiger partial charge in [0.2, 0.25) is 0 Å². The summed E-state index contributed by atoms with van der Waals surface area (Å²) in [6.45, 7) is 1.40. The summed E-state index contributed by atoms with van der Waals surface area (Å²) in [5.41, 5.74) is -6.06. The first-order valence-electron chi connectivity index (χ1n) is 6.26. The summed E-state index contributed by atoms with van der Waals surface area (Å²) in [5.74, 6) is -4.91. The maximum atomic E-state index is 12.9. The molecule has 5 unspecified atom stereocenters. The number of alkyl halides is 6. The van der Waals surface area contributed by atoms with Crippen LogP contribution >= 0.6 is 0 Å². The fraction of sp³-hybridized carbons (Fsp3) is 0.917. The minimum atomic E-state index is -5.92. The molecule has 0 bridgehead atoms. The number of ketones is 1. The summed E-state index contributed by atoms with van der Waals surface area (Å²) < 4.78 is 77.4. The summed E-state index contributed by atoms with van der Waals surface area (Å²) in [4.78, 5) is 12.1. The van der Waals surface area contributed by atoms with Crippen LogP contribution in [0.15, 0.2) is 0 Å². The van der Waals surface area contributed by atoms with Crippen molar-refractivity contribution in [3.8, 4) is 0 Å². The molecule has 3 aliphatic rings. The lowest BCUT2D eigenvalue weighted by Crippen LogP contribution is -2.65. The molecule has 3 fully saturated rings. The number of carbonyl (C=O) groups excluding carboxylic acids is 1. The van der Waals surface area contributed by atoms with Crippen molar-refractivity contribution in [3.05, 3.63) is 0 Å². The van der Waals surface area contributed by atoms with Crippen molar-refractivity contribution in [2.24, 2.45) is 29.1 Å². The molecule has 114 valence electrons. The van der Waals surface area contributed by atoms with E-state index in [0.29, 0.717) is 6.42 Å². The molecular formula is C12H12F6O2. The molecule has 0 radical (unpaired) electrons. The molecule has 0 aliphatic heterocycles. The normalized spacial score (nSPS) is 43.9. The van der Waals surface area contributed by atoms with Crippen LogP contribution in [0.1, 0.15) is 19.8 Å². The van der Waals surface area contributed by atoms with E-state index in [2.05, 4.69) is 0 Å². The largest absolute Gasteiger partial charge is 0.427 e. The maximum absolute atomic E-state index is 12.9. The SMILES string of the molecule is CC12CC1C1CC1C(C(O)(C(F)(F)F)C(F)(F)F)C2=O. The van der Waals surface area contributed by atoms with Gasteiger partial charge in [0.15, 0.2) is 0 Å². The Hall–Kier alpha value is -0.790. The smallest absolute Gasteiger partial charge is 0.373 e. The molecule has 0 heterocycles. The Kier molecular flexibility index (Phi) is 2.36. The number of aliphatic hydroxyl groups is 1. The van der Waals surface area contributed by atoms with Gasteiger partial charge in [0, 0.05) is 5.41 Å². The van der Waals surface area contributed by atoms with Crippen molar-refractivity contribution < 1.29 is 36.2 Å². The summed E-state index contributed by atoms with van der Waals surface area (Å²) in [5, 5.41) is 9.46. The van der Waals surface area contributed by atoms with Gasteiger partial charge in [0.05, 0.1) is 5.92 Å². The Morgan fingerprint density at radius 3 is 2.05 bits per heavy atom. The molecule has 3 aliphatic carbocycles. The van der Waals surface area contributed by atoms with Crippen molar-refractivity contribution in [2.75, 3.05) is 0 Å². The molecular weight excluding hydrogens is 290 g/mol. The van der Waals surface area contributed by atoms with Crippen LogP contribution in [0.4, 0.5) is 26.3 Å². The van der Waals surface area contributed by atoms with Gasteiger partial charge < -0.3 is 5.11 Å². The number of hydrogen-bond donors (Lipinski definition) is 1. The fourth-order valence-electron chi connectivity index (χ4n) is 3.95. The highest BCUT2D eigenvalue weighted by atomic mass is 19.4. The molecule has 2 nitrogen and oxygen atoms in total. The number of Topliss-reactive ketones (excluding diaryl/α,β-unsaturated/α-hetero) is 1. The van der Waals surface area contributed by atoms with Gasteiger partial charge in [-0.25, -0.2) is 0 Å². The molecule has 0 spiro atoms. The summed E-state index contributed by atoms with van der Waals surface area (Å²) >= 11 is 0. The minimum absolute atomic E-state index is 0.109. The van der Waals surface area contributed by atoms with Crippen LogP contribution in [0.25, 0.3) is 0 Å². The van der Waals surface area contributed by atoms with E-state index in [9.17, 15) is 36.2 Å². The second kappa shape index (κ2) is 3.34. The Labute approximate surface area is 110 Å². The molecule has 0 aromatic carbocycles. The van der Waals surface area contributed by atoms with Gasteiger partial charge in [-0.05, 0) is 30.6 Å².